The first-order valence-electron chi connectivity index (χ1n) is 35.4. The predicted molar refractivity (Wildman–Crippen MR) is 362 cm³/mol. The Hall–Kier alpha value is -3.44. The number of rotatable bonds is 65. The third kappa shape index (κ3) is 69.1. The molecule has 0 saturated carbocycles. The van der Waals surface area contributed by atoms with E-state index in [4.69, 9.17) is 9.47 Å². The summed E-state index contributed by atoms with van der Waals surface area (Å²) in [5, 5.41) is 9.70. The Morgan fingerprint density at radius 3 is 0.793 bits per heavy atom. The number of unbranched alkanes of at least 4 members (excludes halogenated alkanes) is 39. The standard InChI is InChI=1S/C77H134O5/c1-3-5-7-9-11-13-15-17-19-21-23-25-27-29-31-33-35-36-37-38-39-40-42-44-46-48-50-52-54-56-58-60-62-64-66-68-70-72-77(80)82-75(73-78)74-81-76(79)71-69-67-65-63-61-59-57-55-53-51-49-47-45-43-41-34-32-30-28-26-24-22-20-18-16-14-12-10-8-6-4-2/h5,7,11,13,17,19,23,25,29,31,35-36,38-39,42,44,48,50,75,78H,3-4,6,8-10,12,14-16,18,20-22,24,26-28,30,32-34,37,40-41,43,45-47,49,51-74H2,1-2H3/b7-5-,13-11-,19-17-,25-23-,31-29-,36-35-,39-38-,44-42-,50-48-. The lowest BCUT2D eigenvalue weighted by Crippen LogP contribution is -2.28. The number of esters is 2. The average molecular weight is 1140 g/mol. The summed E-state index contributed by atoms with van der Waals surface area (Å²) in [7, 11) is 0. The van der Waals surface area contributed by atoms with E-state index in [0.29, 0.717) is 12.8 Å². The molecule has 1 unspecified atom stereocenters. The number of carbonyl (C=O) groups is 2. The van der Waals surface area contributed by atoms with Crippen LogP contribution in [-0.4, -0.2) is 36.4 Å². The van der Waals surface area contributed by atoms with Crippen molar-refractivity contribution < 1.29 is 24.2 Å². The van der Waals surface area contributed by atoms with Crippen LogP contribution < -0.4 is 0 Å². The highest BCUT2D eigenvalue weighted by molar-refractivity contribution is 5.70. The second-order valence-electron chi connectivity index (χ2n) is 23.6. The maximum atomic E-state index is 12.4. The summed E-state index contributed by atoms with van der Waals surface area (Å²) in [5.74, 6) is -0.587. The fraction of sp³-hybridized carbons (Fsp3) is 0.740. The minimum absolute atomic E-state index is 0.0694. The molecule has 0 aromatic carbocycles. The number of hydrogen-bond donors (Lipinski definition) is 1. The second kappa shape index (κ2) is 71.8. The first-order chi connectivity index (χ1) is 40.6. The molecule has 1 atom stereocenters. The predicted octanol–water partition coefficient (Wildman–Crippen LogP) is 24.8. The largest absolute Gasteiger partial charge is 0.462 e. The SMILES string of the molecule is CC/C=C\C/C=C\C/C=C\C/C=C\C/C=C\C/C=C\C/C=C\C/C=C\C/C=C\CCCCCCCCCCCC(=O)OC(CO)COC(=O)CCCCCCCCCCCCCCCCCCCCCCCCCCCCCCCCC. The Balaban J connectivity index is 3.50. The molecule has 0 aliphatic heterocycles. The van der Waals surface area contributed by atoms with Gasteiger partial charge in [0.25, 0.3) is 0 Å². The monoisotopic (exact) mass is 1140 g/mol. The highest BCUT2D eigenvalue weighted by Crippen LogP contribution is 2.18. The summed E-state index contributed by atoms with van der Waals surface area (Å²) < 4.78 is 10.8. The lowest BCUT2D eigenvalue weighted by Gasteiger charge is -2.15. The van der Waals surface area contributed by atoms with Gasteiger partial charge in [-0.05, 0) is 83.5 Å². The molecule has 0 rings (SSSR count). The van der Waals surface area contributed by atoms with Gasteiger partial charge in [-0.1, -0.05) is 361 Å². The van der Waals surface area contributed by atoms with Crippen LogP contribution in [0.4, 0.5) is 0 Å². The van der Waals surface area contributed by atoms with E-state index in [0.717, 1.165) is 103 Å². The Morgan fingerprint density at radius 2 is 0.524 bits per heavy atom. The minimum Gasteiger partial charge on any atom is -0.462 e. The van der Waals surface area contributed by atoms with Gasteiger partial charge in [0.15, 0.2) is 6.10 Å². The van der Waals surface area contributed by atoms with E-state index in [2.05, 4.69) is 123 Å². The van der Waals surface area contributed by atoms with Crippen LogP contribution >= 0.6 is 0 Å². The fourth-order valence-electron chi connectivity index (χ4n) is 10.3. The van der Waals surface area contributed by atoms with Gasteiger partial charge in [0, 0.05) is 12.8 Å². The second-order valence-corrected chi connectivity index (χ2v) is 23.6. The van der Waals surface area contributed by atoms with Crippen LogP contribution in [0.3, 0.4) is 0 Å². The summed E-state index contributed by atoms with van der Waals surface area (Å²) in [6.07, 6.45) is 104. The normalized spacial score (nSPS) is 12.9. The van der Waals surface area contributed by atoms with Gasteiger partial charge in [-0.15, -0.1) is 0 Å². The maximum absolute atomic E-state index is 12.4. The summed E-state index contributed by atoms with van der Waals surface area (Å²) in [6.45, 7) is 4.06. The van der Waals surface area contributed by atoms with Crippen molar-refractivity contribution >= 4 is 11.9 Å². The zero-order valence-corrected chi connectivity index (χ0v) is 54.2. The van der Waals surface area contributed by atoms with Crippen molar-refractivity contribution in [3.63, 3.8) is 0 Å². The average Bonchev–Trinajstić information content (AvgIpc) is 3.49. The molecule has 0 amide bonds. The molecule has 0 fully saturated rings. The molecular formula is C77H134O5. The van der Waals surface area contributed by atoms with E-state index in [-0.39, 0.29) is 25.2 Å². The van der Waals surface area contributed by atoms with E-state index in [1.807, 2.05) is 0 Å². The Kier molecular flexibility index (Phi) is 68.8. The summed E-state index contributed by atoms with van der Waals surface area (Å²) in [5.41, 5.74) is 0. The quantitative estimate of drug-likeness (QED) is 0.0373. The van der Waals surface area contributed by atoms with Crippen LogP contribution in [-0.2, 0) is 19.1 Å². The molecule has 472 valence electrons. The molecule has 5 heteroatoms. The van der Waals surface area contributed by atoms with Crippen LogP contribution in [0.5, 0.6) is 0 Å². The molecule has 0 aliphatic rings. The third-order valence-electron chi connectivity index (χ3n) is 15.6. The number of allylic oxidation sites excluding steroid dienone is 18. The van der Waals surface area contributed by atoms with Crippen molar-refractivity contribution in [3.05, 3.63) is 109 Å². The van der Waals surface area contributed by atoms with Crippen molar-refractivity contribution in [1.29, 1.82) is 0 Å². The molecule has 0 radical (unpaired) electrons. The van der Waals surface area contributed by atoms with Crippen molar-refractivity contribution in [3.8, 4) is 0 Å². The number of aliphatic hydroxyl groups is 1. The Morgan fingerprint density at radius 1 is 0.293 bits per heavy atom. The van der Waals surface area contributed by atoms with Crippen LogP contribution in [0.25, 0.3) is 0 Å². The molecule has 0 aliphatic carbocycles. The van der Waals surface area contributed by atoms with E-state index >= 15 is 0 Å². The lowest BCUT2D eigenvalue weighted by atomic mass is 10.0. The molecule has 5 nitrogen and oxygen atoms in total. The highest BCUT2D eigenvalue weighted by atomic mass is 16.6. The zero-order chi connectivity index (χ0) is 59.1. The minimum atomic E-state index is -0.782. The van der Waals surface area contributed by atoms with Crippen molar-refractivity contribution in [2.24, 2.45) is 0 Å². The van der Waals surface area contributed by atoms with Crippen LogP contribution in [0.1, 0.15) is 348 Å². The molecule has 82 heavy (non-hydrogen) atoms. The molecule has 0 saturated heterocycles. The van der Waals surface area contributed by atoms with E-state index in [1.165, 1.54) is 218 Å². The Labute approximate surface area is 510 Å². The van der Waals surface area contributed by atoms with Gasteiger partial charge in [0.2, 0.25) is 0 Å². The molecule has 0 spiro atoms. The van der Waals surface area contributed by atoms with Gasteiger partial charge >= 0.3 is 11.9 Å². The molecular weight excluding hydrogens is 1000 g/mol. The number of ether oxygens (including phenoxy) is 2. The molecule has 0 aromatic rings. The number of carbonyl (C=O) groups excluding carboxylic acids is 2. The molecule has 1 N–H and O–H groups in total. The highest BCUT2D eigenvalue weighted by Gasteiger charge is 2.16. The van der Waals surface area contributed by atoms with Crippen molar-refractivity contribution in [1.82, 2.24) is 0 Å². The number of aliphatic hydroxyl groups excluding tert-OH is 1. The van der Waals surface area contributed by atoms with E-state index < -0.39 is 6.10 Å². The fourth-order valence-corrected chi connectivity index (χ4v) is 10.3. The van der Waals surface area contributed by atoms with Gasteiger partial charge in [-0.2, -0.15) is 0 Å². The molecule has 0 aromatic heterocycles. The first kappa shape index (κ1) is 78.6. The summed E-state index contributed by atoms with van der Waals surface area (Å²) in [6, 6.07) is 0. The lowest BCUT2D eigenvalue weighted by molar-refractivity contribution is -0.161. The maximum Gasteiger partial charge on any atom is 0.306 e. The van der Waals surface area contributed by atoms with Crippen molar-refractivity contribution in [2.45, 2.75) is 354 Å². The van der Waals surface area contributed by atoms with Crippen LogP contribution in [0, 0.1) is 0 Å². The topological polar surface area (TPSA) is 72.8 Å². The molecule has 0 heterocycles. The number of hydrogen-bond acceptors (Lipinski definition) is 5. The van der Waals surface area contributed by atoms with Gasteiger partial charge < -0.3 is 14.6 Å². The van der Waals surface area contributed by atoms with Crippen LogP contribution in [0.15, 0.2) is 109 Å². The smallest absolute Gasteiger partial charge is 0.306 e. The van der Waals surface area contributed by atoms with Gasteiger partial charge in [0.05, 0.1) is 6.61 Å². The van der Waals surface area contributed by atoms with E-state index in [1.54, 1.807) is 0 Å². The van der Waals surface area contributed by atoms with Gasteiger partial charge in [-0.3, -0.25) is 9.59 Å². The molecule has 0 bridgehead atoms. The third-order valence-corrected chi connectivity index (χ3v) is 15.6. The zero-order valence-electron chi connectivity index (χ0n) is 54.2. The summed E-state index contributed by atoms with van der Waals surface area (Å²) in [4.78, 5) is 24.7. The Bertz CT molecular complexity index is 1570. The van der Waals surface area contributed by atoms with Crippen LogP contribution in [0.2, 0.25) is 0 Å². The van der Waals surface area contributed by atoms with Crippen molar-refractivity contribution in [2.75, 3.05) is 13.2 Å². The van der Waals surface area contributed by atoms with Gasteiger partial charge in [-0.25, -0.2) is 0 Å². The summed E-state index contributed by atoms with van der Waals surface area (Å²) >= 11 is 0. The first-order valence-corrected chi connectivity index (χ1v) is 35.4. The van der Waals surface area contributed by atoms with Gasteiger partial charge in [0.1, 0.15) is 6.61 Å². The van der Waals surface area contributed by atoms with E-state index in [9.17, 15) is 14.7 Å².